The van der Waals surface area contributed by atoms with Crippen LogP contribution < -0.4 is 0 Å². The number of aryl methyl sites for hydroxylation is 1. The lowest BCUT2D eigenvalue weighted by molar-refractivity contribution is 0.0845. The van der Waals surface area contributed by atoms with E-state index in [1.165, 1.54) is 0 Å². The number of rotatable bonds is 3. The van der Waals surface area contributed by atoms with Crippen molar-refractivity contribution in [2.24, 2.45) is 15.4 Å². The molecule has 0 N–H and O–H groups in total. The summed E-state index contributed by atoms with van der Waals surface area (Å²) in [5.41, 5.74) is 0.745. The molecule has 1 aromatic rings. The minimum Gasteiger partial charge on any atom is -0.173 e. The van der Waals surface area contributed by atoms with E-state index in [4.69, 9.17) is 0 Å². The molecule has 0 spiro atoms. The van der Waals surface area contributed by atoms with Crippen molar-refractivity contribution < 1.29 is 8.78 Å². The van der Waals surface area contributed by atoms with Crippen LogP contribution in [0.4, 0.5) is 8.78 Å². The third-order valence-corrected chi connectivity index (χ3v) is 2.18. The molecule has 2 rings (SSSR count). The Kier molecular flexibility index (Phi) is 2.53. The molecule has 5 heteroatoms. The number of alkyl halides is 2. The zero-order chi connectivity index (χ0) is 10.7. The molecule has 1 aliphatic heterocycles. The summed E-state index contributed by atoms with van der Waals surface area (Å²) in [6, 6.07) is 6.21. The molecule has 0 saturated heterocycles. The molecule has 0 fully saturated rings. The summed E-state index contributed by atoms with van der Waals surface area (Å²) < 4.78 is 25.8. The van der Waals surface area contributed by atoms with Crippen LogP contribution in [-0.4, -0.2) is 11.8 Å². The van der Waals surface area contributed by atoms with E-state index >= 15 is 0 Å². The summed E-state index contributed by atoms with van der Waals surface area (Å²) >= 11 is 0. The molecule has 0 atom stereocenters. The maximum Gasteiger partial charge on any atom is 0.401 e. The Morgan fingerprint density at radius 1 is 1.07 bits per heavy atom. The fourth-order valence-corrected chi connectivity index (χ4v) is 1.36. The Hall–Kier alpha value is -1.65. The molecule has 1 aromatic carbocycles. The van der Waals surface area contributed by atoms with E-state index in [0.29, 0.717) is 6.42 Å². The van der Waals surface area contributed by atoms with E-state index in [-0.39, 0.29) is 12.1 Å². The highest BCUT2D eigenvalue weighted by Crippen LogP contribution is 2.25. The molecule has 78 valence electrons. The van der Waals surface area contributed by atoms with E-state index in [0.717, 1.165) is 5.56 Å². The Bertz CT molecular complexity index is 398. The predicted molar refractivity (Wildman–Crippen MR) is 52.0 cm³/mol. The Morgan fingerprint density at radius 3 is 2.40 bits per heavy atom. The second kappa shape index (κ2) is 3.84. The zero-order valence-electron chi connectivity index (χ0n) is 7.90. The topological polar surface area (TPSA) is 37.1 Å². The van der Waals surface area contributed by atoms with Gasteiger partial charge in [-0.15, -0.1) is 5.10 Å². The quantitative estimate of drug-likeness (QED) is 0.686. The van der Waals surface area contributed by atoms with Gasteiger partial charge in [-0.3, -0.25) is 0 Å². The largest absolute Gasteiger partial charge is 0.401 e. The van der Waals surface area contributed by atoms with Crippen molar-refractivity contribution in [2.75, 3.05) is 0 Å². The molecule has 0 aliphatic carbocycles. The molecule has 0 aromatic heterocycles. The fraction of sp³-hybridized carbons (Fsp3) is 0.300. The molecule has 3 nitrogen and oxygen atoms in total. The first-order valence-electron chi connectivity index (χ1n) is 4.59. The molecular formula is C10H9F2N3. The van der Waals surface area contributed by atoms with Gasteiger partial charge in [-0.1, -0.05) is 35.4 Å². The van der Waals surface area contributed by atoms with E-state index in [1.807, 2.05) is 30.3 Å². The average Bonchev–Trinajstić information content (AvgIpc) is 2.56. The summed E-state index contributed by atoms with van der Waals surface area (Å²) in [5, 5.41) is 9.07. The van der Waals surface area contributed by atoms with Gasteiger partial charge in [0, 0.05) is 6.42 Å². The summed E-state index contributed by atoms with van der Waals surface area (Å²) in [6.07, 6.45) is 0.713. The zero-order valence-corrected chi connectivity index (χ0v) is 7.90. The van der Waals surface area contributed by atoms with Crippen molar-refractivity contribution in [1.29, 1.82) is 0 Å². The molecule has 1 heterocycles. The fourth-order valence-electron chi connectivity index (χ4n) is 1.36. The number of hydrogen-bond acceptors (Lipinski definition) is 3. The van der Waals surface area contributed by atoms with Gasteiger partial charge in [0.15, 0.2) is 0 Å². The van der Waals surface area contributed by atoms with Gasteiger partial charge in [-0.25, -0.2) is 0 Å². The van der Waals surface area contributed by atoms with Crippen LogP contribution in [0, 0.1) is 0 Å². The van der Waals surface area contributed by atoms with Crippen molar-refractivity contribution in [3.63, 3.8) is 0 Å². The van der Waals surface area contributed by atoms with Crippen molar-refractivity contribution in [3.05, 3.63) is 35.9 Å². The molecular weight excluding hydrogens is 200 g/mol. The SMILES string of the molecule is FC1(F)N=NN=C1CCc1ccccc1. The molecule has 0 saturated carbocycles. The van der Waals surface area contributed by atoms with Crippen LogP contribution in [0.15, 0.2) is 45.8 Å². The van der Waals surface area contributed by atoms with Gasteiger partial charge in [0.25, 0.3) is 0 Å². The first-order valence-corrected chi connectivity index (χ1v) is 4.59. The molecule has 0 unspecified atom stereocenters. The Balaban J connectivity index is 1.96. The summed E-state index contributed by atoms with van der Waals surface area (Å²) in [5.74, 6) is 0. The van der Waals surface area contributed by atoms with Crippen LogP contribution in [-0.2, 0) is 6.42 Å². The summed E-state index contributed by atoms with van der Waals surface area (Å²) in [7, 11) is 0. The van der Waals surface area contributed by atoms with Gasteiger partial charge >= 0.3 is 6.05 Å². The third-order valence-electron chi connectivity index (χ3n) is 2.18. The van der Waals surface area contributed by atoms with Gasteiger partial charge in [-0.05, 0) is 17.2 Å². The van der Waals surface area contributed by atoms with Gasteiger partial charge in [0.2, 0.25) is 0 Å². The van der Waals surface area contributed by atoms with E-state index in [1.54, 1.807) is 0 Å². The first kappa shape index (κ1) is 9.89. The number of nitrogens with zero attached hydrogens (tertiary/aromatic N) is 3. The van der Waals surface area contributed by atoms with Crippen LogP contribution in [0.2, 0.25) is 0 Å². The van der Waals surface area contributed by atoms with Gasteiger partial charge in [0.05, 0.1) is 0 Å². The van der Waals surface area contributed by atoms with Crippen LogP contribution >= 0.6 is 0 Å². The number of halogens is 2. The smallest absolute Gasteiger partial charge is 0.173 e. The molecule has 0 amide bonds. The highest BCUT2D eigenvalue weighted by molar-refractivity contribution is 5.91. The summed E-state index contributed by atoms with van der Waals surface area (Å²) in [4.78, 5) is 0. The lowest BCUT2D eigenvalue weighted by atomic mass is 10.1. The average molecular weight is 209 g/mol. The normalized spacial score (nSPS) is 17.9. The van der Waals surface area contributed by atoms with E-state index in [2.05, 4.69) is 15.4 Å². The third kappa shape index (κ3) is 2.23. The van der Waals surface area contributed by atoms with E-state index < -0.39 is 6.05 Å². The second-order valence-corrected chi connectivity index (χ2v) is 3.26. The molecule has 1 aliphatic rings. The maximum absolute atomic E-state index is 12.9. The second-order valence-electron chi connectivity index (χ2n) is 3.26. The predicted octanol–water partition coefficient (Wildman–Crippen LogP) is 3.03. The van der Waals surface area contributed by atoms with E-state index in [9.17, 15) is 8.78 Å². The van der Waals surface area contributed by atoms with Crippen LogP contribution in [0.3, 0.4) is 0 Å². The first-order chi connectivity index (χ1) is 7.18. The Labute approximate surface area is 85.5 Å². The number of benzene rings is 1. The van der Waals surface area contributed by atoms with Crippen LogP contribution in [0.1, 0.15) is 12.0 Å². The number of hydrogen-bond donors (Lipinski definition) is 0. The minimum atomic E-state index is -3.20. The van der Waals surface area contributed by atoms with Crippen molar-refractivity contribution >= 4 is 5.71 Å². The maximum atomic E-state index is 12.9. The molecule has 15 heavy (non-hydrogen) atoms. The van der Waals surface area contributed by atoms with Crippen molar-refractivity contribution in [2.45, 2.75) is 18.9 Å². The van der Waals surface area contributed by atoms with Crippen molar-refractivity contribution in [3.8, 4) is 0 Å². The molecule has 0 bridgehead atoms. The lowest BCUT2D eigenvalue weighted by Gasteiger charge is -2.06. The van der Waals surface area contributed by atoms with Gasteiger partial charge < -0.3 is 0 Å². The monoisotopic (exact) mass is 209 g/mol. The summed E-state index contributed by atoms with van der Waals surface area (Å²) in [6.45, 7) is 0. The molecule has 0 radical (unpaired) electrons. The standard InChI is InChI=1S/C10H9F2N3/c11-10(12)9(13-15-14-10)7-6-8-4-2-1-3-5-8/h1-5H,6-7H2. The van der Waals surface area contributed by atoms with Gasteiger partial charge in [-0.2, -0.15) is 8.78 Å². The highest BCUT2D eigenvalue weighted by Gasteiger charge is 2.39. The van der Waals surface area contributed by atoms with Crippen molar-refractivity contribution in [1.82, 2.24) is 0 Å². The lowest BCUT2D eigenvalue weighted by Crippen LogP contribution is -2.23. The Morgan fingerprint density at radius 2 is 1.80 bits per heavy atom. The highest BCUT2D eigenvalue weighted by atomic mass is 19.3. The van der Waals surface area contributed by atoms with Gasteiger partial charge in [0.1, 0.15) is 5.71 Å². The van der Waals surface area contributed by atoms with Crippen LogP contribution in [0.25, 0.3) is 0 Å². The minimum absolute atomic E-state index is 0.185. The van der Waals surface area contributed by atoms with Crippen LogP contribution in [0.5, 0.6) is 0 Å².